The molecule has 3 nitrogen and oxygen atoms in total. The van der Waals surface area contributed by atoms with Crippen LogP contribution in [0.15, 0.2) is 30.3 Å². The second-order valence-corrected chi connectivity index (χ2v) is 5.55. The van der Waals surface area contributed by atoms with Crippen LogP contribution in [0.5, 0.6) is 0 Å². The third kappa shape index (κ3) is 2.68. The zero-order valence-electron chi connectivity index (χ0n) is 12.9. The van der Waals surface area contributed by atoms with Gasteiger partial charge < -0.3 is 4.57 Å². The van der Waals surface area contributed by atoms with Crippen molar-refractivity contribution < 1.29 is 8.78 Å². The van der Waals surface area contributed by atoms with Crippen LogP contribution in [0.2, 0.25) is 0 Å². The molecule has 1 heterocycles. The Labute approximate surface area is 132 Å². The number of fused-ring (bicyclic) bond motifs is 1. The van der Waals surface area contributed by atoms with Crippen LogP contribution in [-0.2, 0) is 6.54 Å². The van der Waals surface area contributed by atoms with Crippen molar-refractivity contribution >= 4 is 11.0 Å². The Hall–Kier alpha value is -2.74. The second kappa shape index (κ2) is 5.81. The van der Waals surface area contributed by atoms with Crippen molar-refractivity contribution in [3.63, 3.8) is 0 Å². The van der Waals surface area contributed by atoms with Gasteiger partial charge in [-0.15, -0.1) is 0 Å². The third-order valence-corrected chi connectivity index (χ3v) is 4.00. The standard InChI is InChI=1S/C18H15F2N3/c1-11-4-5-13(8-12(11)2)18-22-16-9-14(19)15(20)10-17(16)23(18)7-3-6-21/h4-5,8-10H,3,7H2,1-2H3. The first-order valence-corrected chi connectivity index (χ1v) is 7.31. The number of aryl methyl sites for hydroxylation is 3. The van der Waals surface area contributed by atoms with E-state index in [1.807, 2.05) is 32.0 Å². The van der Waals surface area contributed by atoms with Gasteiger partial charge in [-0.1, -0.05) is 12.1 Å². The van der Waals surface area contributed by atoms with Gasteiger partial charge in [-0.3, -0.25) is 0 Å². The summed E-state index contributed by atoms with van der Waals surface area (Å²) in [6.07, 6.45) is 0.266. The van der Waals surface area contributed by atoms with Gasteiger partial charge in [0.1, 0.15) is 5.82 Å². The molecule has 0 aliphatic rings. The summed E-state index contributed by atoms with van der Waals surface area (Å²) in [7, 11) is 0. The lowest BCUT2D eigenvalue weighted by molar-refractivity contribution is 0.510. The molecule has 0 saturated carbocycles. The number of rotatable bonds is 3. The minimum Gasteiger partial charge on any atom is -0.323 e. The molecule has 1 aromatic heterocycles. The normalized spacial score (nSPS) is 10.9. The Morgan fingerprint density at radius 3 is 2.52 bits per heavy atom. The number of benzene rings is 2. The zero-order chi connectivity index (χ0) is 16.6. The van der Waals surface area contributed by atoms with Crippen molar-refractivity contribution in [3.8, 4) is 17.5 Å². The lowest BCUT2D eigenvalue weighted by atomic mass is 10.1. The van der Waals surface area contributed by atoms with E-state index in [0.29, 0.717) is 23.4 Å². The molecule has 0 bridgehead atoms. The molecule has 5 heteroatoms. The Morgan fingerprint density at radius 1 is 1.09 bits per heavy atom. The number of nitriles is 1. The lowest BCUT2D eigenvalue weighted by Gasteiger charge is -2.09. The number of aromatic nitrogens is 2. The summed E-state index contributed by atoms with van der Waals surface area (Å²) in [5.41, 5.74) is 4.01. The molecule has 0 N–H and O–H groups in total. The Morgan fingerprint density at radius 2 is 1.83 bits per heavy atom. The fourth-order valence-electron chi connectivity index (χ4n) is 2.61. The van der Waals surface area contributed by atoms with E-state index in [4.69, 9.17) is 5.26 Å². The van der Waals surface area contributed by atoms with Gasteiger partial charge in [0.2, 0.25) is 0 Å². The van der Waals surface area contributed by atoms with Crippen molar-refractivity contribution in [2.24, 2.45) is 0 Å². The number of imidazole rings is 1. The first-order valence-electron chi connectivity index (χ1n) is 7.31. The first kappa shape index (κ1) is 15.2. The highest BCUT2D eigenvalue weighted by atomic mass is 19.2. The fraction of sp³-hybridized carbons (Fsp3) is 0.222. The smallest absolute Gasteiger partial charge is 0.161 e. The molecule has 0 aliphatic heterocycles. The average molecular weight is 311 g/mol. The average Bonchev–Trinajstić information content (AvgIpc) is 2.86. The molecule has 116 valence electrons. The highest BCUT2D eigenvalue weighted by Crippen LogP contribution is 2.28. The van der Waals surface area contributed by atoms with Gasteiger partial charge in [0.25, 0.3) is 0 Å². The molecule has 0 atom stereocenters. The van der Waals surface area contributed by atoms with Crippen molar-refractivity contribution in [1.82, 2.24) is 9.55 Å². The molecule has 0 spiro atoms. The number of nitrogens with zero attached hydrogens (tertiary/aromatic N) is 3. The summed E-state index contributed by atoms with van der Waals surface area (Å²) in [5, 5.41) is 8.86. The molecular formula is C18H15F2N3. The zero-order valence-corrected chi connectivity index (χ0v) is 12.9. The van der Waals surface area contributed by atoms with E-state index < -0.39 is 11.6 Å². The number of halogens is 2. The predicted molar refractivity (Wildman–Crippen MR) is 84.8 cm³/mol. The van der Waals surface area contributed by atoms with Gasteiger partial charge in [0.05, 0.1) is 23.5 Å². The highest BCUT2D eigenvalue weighted by molar-refractivity contribution is 5.81. The lowest BCUT2D eigenvalue weighted by Crippen LogP contribution is -2.01. The number of hydrogen-bond donors (Lipinski definition) is 0. The van der Waals surface area contributed by atoms with Crippen LogP contribution in [0.3, 0.4) is 0 Å². The first-order chi connectivity index (χ1) is 11.0. The molecule has 3 aromatic rings. The van der Waals surface area contributed by atoms with E-state index >= 15 is 0 Å². The molecule has 0 radical (unpaired) electrons. The van der Waals surface area contributed by atoms with Crippen LogP contribution in [-0.4, -0.2) is 9.55 Å². The molecule has 0 fully saturated rings. The van der Waals surface area contributed by atoms with Crippen molar-refractivity contribution in [1.29, 1.82) is 5.26 Å². The monoisotopic (exact) mass is 311 g/mol. The van der Waals surface area contributed by atoms with Gasteiger partial charge in [0.15, 0.2) is 11.6 Å². The molecule has 2 aromatic carbocycles. The van der Waals surface area contributed by atoms with Gasteiger partial charge in [-0.25, -0.2) is 13.8 Å². The topological polar surface area (TPSA) is 41.6 Å². The molecule has 0 unspecified atom stereocenters. The largest absolute Gasteiger partial charge is 0.323 e. The Kier molecular flexibility index (Phi) is 3.83. The molecule has 0 amide bonds. The van der Waals surface area contributed by atoms with Crippen molar-refractivity contribution in [2.75, 3.05) is 0 Å². The van der Waals surface area contributed by atoms with E-state index in [0.717, 1.165) is 28.8 Å². The maximum Gasteiger partial charge on any atom is 0.161 e. The van der Waals surface area contributed by atoms with Gasteiger partial charge in [0, 0.05) is 24.2 Å². The second-order valence-electron chi connectivity index (χ2n) is 5.55. The van der Waals surface area contributed by atoms with Crippen molar-refractivity contribution in [2.45, 2.75) is 26.8 Å². The van der Waals surface area contributed by atoms with Gasteiger partial charge >= 0.3 is 0 Å². The summed E-state index contributed by atoms with van der Waals surface area (Å²) in [6.45, 7) is 4.39. The van der Waals surface area contributed by atoms with Crippen LogP contribution >= 0.6 is 0 Å². The maximum atomic E-state index is 13.6. The fourth-order valence-corrected chi connectivity index (χ4v) is 2.61. The summed E-state index contributed by atoms with van der Waals surface area (Å²) >= 11 is 0. The summed E-state index contributed by atoms with van der Waals surface area (Å²) in [6, 6.07) is 10.2. The molecule has 0 saturated heterocycles. The molecule has 23 heavy (non-hydrogen) atoms. The highest BCUT2D eigenvalue weighted by Gasteiger charge is 2.16. The van der Waals surface area contributed by atoms with Crippen LogP contribution in [0.4, 0.5) is 8.78 Å². The quantitative estimate of drug-likeness (QED) is 0.714. The Bertz CT molecular complexity index is 936. The van der Waals surface area contributed by atoms with E-state index in [9.17, 15) is 8.78 Å². The molecule has 0 aliphatic carbocycles. The predicted octanol–water partition coefficient (Wildman–Crippen LogP) is 4.51. The van der Waals surface area contributed by atoms with E-state index in [1.54, 1.807) is 4.57 Å². The molecular weight excluding hydrogens is 296 g/mol. The summed E-state index contributed by atoms with van der Waals surface area (Å²) in [4.78, 5) is 4.46. The summed E-state index contributed by atoms with van der Waals surface area (Å²) < 4.78 is 28.9. The van der Waals surface area contributed by atoms with E-state index in [1.165, 1.54) is 0 Å². The SMILES string of the molecule is Cc1ccc(-c2nc3cc(F)c(F)cc3n2CCC#N)cc1C. The van der Waals surface area contributed by atoms with Crippen LogP contribution in [0, 0.1) is 36.8 Å². The minimum atomic E-state index is -0.922. The van der Waals surface area contributed by atoms with E-state index in [2.05, 4.69) is 11.1 Å². The van der Waals surface area contributed by atoms with Crippen LogP contribution < -0.4 is 0 Å². The number of hydrogen-bond acceptors (Lipinski definition) is 2. The minimum absolute atomic E-state index is 0.266. The van der Waals surface area contributed by atoms with Gasteiger partial charge in [-0.2, -0.15) is 5.26 Å². The van der Waals surface area contributed by atoms with Gasteiger partial charge in [-0.05, 0) is 31.0 Å². The summed E-state index contributed by atoms with van der Waals surface area (Å²) in [5.74, 6) is -1.22. The van der Waals surface area contributed by atoms with E-state index in [-0.39, 0.29) is 6.42 Å². The molecule has 3 rings (SSSR count). The third-order valence-electron chi connectivity index (χ3n) is 4.00. The van der Waals surface area contributed by atoms with Crippen LogP contribution in [0.25, 0.3) is 22.4 Å². The van der Waals surface area contributed by atoms with Crippen LogP contribution in [0.1, 0.15) is 17.5 Å². The maximum absolute atomic E-state index is 13.6. The Balaban J connectivity index is 2.25. The van der Waals surface area contributed by atoms with Crippen molar-refractivity contribution in [3.05, 3.63) is 53.1 Å².